The van der Waals surface area contributed by atoms with Crippen molar-refractivity contribution in [3.05, 3.63) is 23.8 Å². The minimum Gasteiger partial charge on any atom is -0.506 e. The number of phenols is 1. The van der Waals surface area contributed by atoms with Crippen LogP contribution in [0.5, 0.6) is 5.75 Å². The molecule has 0 unspecified atom stereocenters. The quantitative estimate of drug-likeness (QED) is 0.528. The van der Waals surface area contributed by atoms with Crippen molar-refractivity contribution in [1.82, 2.24) is 0 Å². The number of nitrogens with two attached hydrogens (primary N) is 1. The van der Waals surface area contributed by atoms with Gasteiger partial charge < -0.3 is 15.6 Å². The highest BCUT2D eigenvalue weighted by Gasteiger charge is 2.18. The first-order valence-corrected chi connectivity index (χ1v) is 4.94. The topological polar surface area (TPSA) is 55.5 Å². The molecule has 1 aliphatic rings. The Labute approximate surface area is 83.5 Å². The van der Waals surface area contributed by atoms with Gasteiger partial charge in [0.05, 0.1) is 5.69 Å². The number of benzene rings is 1. The van der Waals surface area contributed by atoms with Crippen LogP contribution in [-0.2, 0) is 4.74 Å². The fraction of sp³-hybridized carbons (Fsp3) is 0.455. The number of ether oxygens (including phenoxy) is 1. The largest absolute Gasteiger partial charge is 0.506 e. The summed E-state index contributed by atoms with van der Waals surface area (Å²) < 4.78 is 5.29. The average molecular weight is 193 g/mol. The van der Waals surface area contributed by atoms with E-state index in [4.69, 9.17) is 10.5 Å². The van der Waals surface area contributed by atoms with Crippen molar-refractivity contribution in [3.8, 4) is 5.75 Å². The summed E-state index contributed by atoms with van der Waals surface area (Å²) in [5, 5.41) is 9.47. The molecule has 2 rings (SSSR count). The number of anilines is 1. The molecule has 0 bridgehead atoms. The third-order valence-corrected chi connectivity index (χ3v) is 2.78. The number of rotatable bonds is 1. The standard InChI is InChI=1S/C11H15NO2/c12-11-9(2-1-3-10(11)13)8-4-6-14-7-5-8/h1-3,8,13H,4-7,12H2. The minimum atomic E-state index is 0.189. The number of aromatic hydroxyl groups is 1. The average Bonchev–Trinajstić information content (AvgIpc) is 2.23. The summed E-state index contributed by atoms with van der Waals surface area (Å²) >= 11 is 0. The van der Waals surface area contributed by atoms with Crippen molar-refractivity contribution in [2.24, 2.45) is 0 Å². The molecule has 14 heavy (non-hydrogen) atoms. The smallest absolute Gasteiger partial charge is 0.138 e. The molecule has 0 atom stereocenters. The second-order valence-electron chi connectivity index (χ2n) is 3.67. The van der Waals surface area contributed by atoms with Gasteiger partial charge in [0.25, 0.3) is 0 Å². The molecule has 0 radical (unpaired) electrons. The molecular weight excluding hydrogens is 178 g/mol. The lowest BCUT2D eigenvalue weighted by molar-refractivity contribution is 0.0854. The molecule has 1 saturated heterocycles. The molecule has 0 aromatic heterocycles. The summed E-state index contributed by atoms with van der Waals surface area (Å²) in [6.07, 6.45) is 1.99. The zero-order valence-electron chi connectivity index (χ0n) is 8.07. The predicted octanol–water partition coefficient (Wildman–Crippen LogP) is 1.87. The number of para-hydroxylation sites is 1. The first-order chi connectivity index (χ1) is 6.79. The third-order valence-electron chi connectivity index (χ3n) is 2.78. The fourth-order valence-corrected chi connectivity index (χ4v) is 1.93. The predicted molar refractivity (Wildman–Crippen MR) is 55.3 cm³/mol. The van der Waals surface area contributed by atoms with Crippen LogP contribution >= 0.6 is 0 Å². The van der Waals surface area contributed by atoms with Gasteiger partial charge in [-0.15, -0.1) is 0 Å². The lowest BCUT2D eigenvalue weighted by Crippen LogP contribution is -2.15. The number of phenolic OH excluding ortho intramolecular Hbond substituents is 1. The van der Waals surface area contributed by atoms with E-state index >= 15 is 0 Å². The fourth-order valence-electron chi connectivity index (χ4n) is 1.93. The highest BCUT2D eigenvalue weighted by atomic mass is 16.5. The lowest BCUT2D eigenvalue weighted by Gasteiger charge is -2.23. The van der Waals surface area contributed by atoms with E-state index in [1.165, 1.54) is 0 Å². The van der Waals surface area contributed by atoms with Gasteiger partial charge in [0, 0.05) is 13.2 Å². The Morgan fingerprint density at radius 2 is 2.00 bits per heavy atom. The Morgan fingerprint density at radius 3 is 2.71 bits per heavy atom. The molecule has 3 nitrogen and oxygen atoms in total. The van der Waals surface area contributed by atoms with Crippen LogP contribution in [0, 0.1) is 0 Å². The van der Waals surface area contributed by atoms with Gasteiger partial charge in [0.1, 0.15) is 5.75 Å². The van der Waals surface area contributed by atoms with Gasteiger partial charge >= 0.3 is 0 Å². The SMILES string of the molecule is Nc1c(O)cccc1C1CCOCC1. The maximum Gasteiger partial charge on any atom is 0.138 e. The normalized spacial score (nSPS) is 18.3. The summed E-state index contributed by atoms with van der Waals surface area (Å²) in [6, 6.07) is 5.46. The van der Waals surface area contributed by atoms with Gasteiger partial charge in [-0.25, -0.2) is 0 Å². The van der Waals surface area contributed by atoms with Crippen molar-refractivity contribution in [3.63, 3.8) is 0 Å². The Morgan fingerprint density at radius 1 is 1.29 bits per heavy atom. The van der Waals surface area contributed by atoms with Crippen molar-refractivity contribution < 1.29 is 9.84 Å². The van der Waals surface area contributed by atoms with Gasteiger partial charge in [0.2, 0.25) is 0 Å². The second-order valence-corrected chi connectivity index (χ2v) is 3.67. The highest BCUT2D eigenvalue weighted by molar-refractivity contribution is 5.58. The number of hydrogen-bond acceptors (Lipinski definition) is 3. The maximum absolute atomic E-state index is 9.47. The van der Waals surface area contributed by atoms with E-state index < -0.39 is 0 Å². The molecule has 76 valence electrons. The summed E-state index contributed by atoms with van der Waals surface area (Å²) in [7, 11) is 0. The van der Waals surface area contributed by atoms with Crippen LogP contribution in [0.3, 0.4) is 0 Å². The monoisotopic (exact) mass is 193 g/mol. The van der Waals surface area contributed by atoms with E-state index in [-0.39, 0.29) is 5.75 Å². The summed E-state index contributed by atoms with van der Waals surface area (Å²) in [5.41, 5.74) is 7.41. The van der Waals surface area contributed by atoms with Gasteiger partial charge in [-0.1, -0.05) is 12.1 Å². The van der Waals surface area contributed by atoms with Crippen molar-refractivity contribution in [2.75, 3.05) is 18.9 Å². The molecule has 0 spiro atoms. The molecular formula is C11H15NO2. The molecule has 1 heterocycles. The summed E-state index contributed by atoms with van der Waals surface area (Å²) in [4.78, 5) is 0. The lowest BCUT2D eigenvalue weighted by atomic mass is 9.90. The molecule has 0 saturated carbocycles. The molecule has 1 aliphatic heterocycles. The number of nitrogen functional groups attached to an aromatic ring is 1. The minimum absolute atomic E-state index is 0.189. The van der Waals surface area contributed by atoms with E-state index in [2.05, 4.69) is 0 Å². The van der Waals surface area contributed by atoms with E-state index in [9.17, 15) is 5.11 Å². The Kier molecular flexibility index (Phi) is 2.59. The maximum atomic E-state index is 9.47. The van der Waals surface area contributed by atoms with Crippen molar-refractivity contribution in [2.45, 2.75) is 18.8 Å². The zero-order valence-corrected chi connectivity index (χ0v) is 8.07. The molecule has 3 N–H and O–H groups in total. The van der Waals surface area contributed by atoms with Crippen LogP contribution in [-0.4, -0.2) is 18.3 Å². The Hall–Kier alpha value is -1.22. The molecule has 3 heteroatoms. The molecule has 1 aromatic carbocycles. The Balaban J connectivity index is 2.26. The molecule has 1 aromatic rings. The van der Waals surface area contributed by atoms with E-state index in [1.54, 1.807) is 6.07 Å². The highest BCUT2D eigenvalue weighted by Crippen LogP contribution is 2.34. The third kappa shape index (κ3) is 1.68. The van der Waals surface area contributed by atoms with Crippen LogP contribution in [0.4, 0.5) is 5.69 Å². The van der Waals surface area contributed by atoms with Crippen LogP contribution in [0.25, 0.3) is 0 Å². The number of hydrogen-bond donors (Lipinski definition) is 2. The van der Waals surface area contributed by atoms with E-state index in [0.29, 0.717) is 11.6 Å². The van der Waals surface area contributed by atoms with Gasteiger partial charge in [-0.05, 0) is 30.4 Å². The van der Waals surface area contributed by atoms with Crippen LogP contribution < -0.4 is 5.73 Å². The van der Waals surface area contributed by atoms with Crippen LogP contribution in [0.15, 0.2) is 18.2 Å². The molecule has 0 amide bonds. The van der Waals surface area contributed by atoms with Gasteiger partial charge in [-0.2, -0.15) is 0 Å². The molecule has 1 fully saturated rings. The van der Waals surface area contributed by atoms with Crippen LogP contribution in [0.2, 0.25) is 0 Å². The summed E-state index contributed by atoms with van der Waals surface area (Å²) in [5.74, 6) is 0.629. The van der Waals surface area contributed by atoms with Gasteiger partial charge in [-0.3, -0.25) is 0 Å². The van der Waals surface area contributed by atoms with Crippen molar-refractivity contribution in [1.29, 1.82) is 0 Å². The molecule has 0 aliphatic carbocycles. The van der Waals surface area contributed by atoms with Crippen LogP contribution in [0.1, 0.15) is 24.3 Å². The Bertz CT molecular complexity index is 319. The zero-order chi connectivity index (χ0) is 9.97. The van der Waals surface area contributed by atoms with E-state index in [1.807, 2.05) is 12.1 Å². The van der Waals surface area contributed by atoms with Crippen molar-refractivity contribution >= 4 is 5.69 Å². The second kappa shape index (κ2) is 3.88. The van der Waals surface area contributed by atoms with E-state index in [0.717, 1.165) is 31.6 Å². The first-order valence-electron chi connectivity index (χ1n) is 4.94. The van der Waals surface area contributed by atoms with Gasteiger partial charge in [0.15, 0.2) is 0 Å². The first kappa shape index (κ1) is 9.34. The summed E-state index contributed by atoms with van der Waals surface area (Å²) in [6.45, 7) is 1.58.